The van der Waals surface area contributed by atoms with E-state index in [1.54, 1.807) is 0 Å². The van der Waals surface area contributed by atoms with E-state index in [-0.39, 0.29) is 32.3 Å². The Morgan fingerprint density at radius 1 is 1.19 bits per heavy atom. The second-order valence-electron chi connectivity index (χ2n) is 4.79. The molecule has 0 aliphatic heterocycles. The lowest BCUT2D eigenvalue weighted by atomic mass is 10.3. The third-order valence-electron chi connectivity index (χ3n) is 2.98. The van der Waals surface area contributed by atoms with Gasteiger partial charge in [0.1, 0.15) is 10.8 Å². The van der Waals surface area contributed by atoms with Crippen molar-refractivity contribution in [1.29, 1.82) is 0 Å². The summed E-state index contributed by atoms with van der Waals surface area (Å²) >= 11 is 17.3. The van der Waals surface area contributed by atoms with Gasteiger partial charge in [0.25, 0.3) is 5.91 Å². The zero-order valence-electron chi connectivity index (χ0n) is 13.1. The van der Waals surface area contributed by atoms with Crippen LogP contribution in [0.1, 0.15) is 10.5 Å². The highest BCUT2D eigenvalue weighted by Crippen LogP contribution is 2.34. The summed E-state index contributed by atoms with van der Waals surface area (Å²) in [5.41, 5.74) is 4.95. The van der Waals surface area contributed by atoms with Crippen LogP contribution in [0.25, 0.3) is 0 Å². The average Bonchev–Trinajstić information content (AvgIpc) is 2.62. The quantitative estimate of drug-likeness (QED) is 0.519. The van der Waals surface area contributed by atoms with Gasteiger partial charge < -0.3 is 20.5 Å². The Labute approximate surface area is 166 Å². The molecule has 0 radical (unpaired) electrons. The molecule has 0 aliphatic rings. The van der Waals surface area contributed by atoms with Crippen molar-refractivity contribution in [3.8, 4) is 5.75 Å². The maximum atomic E-state index is 12.4. The first-order valence-corrected chi connectivity index (χ1v) is 8.14. The molecular weight excluding hydrogens is 431 g/mol. The summed E-state index contributed by atoms with van der Waals surface area (Å²) in [4.78, 5) is 27.6. The van der Waals surface area contributed by atoms with E-state index in [0.29, 0.717) is 0 Å². The molecule has 0 bridgehead atoms. The fraction of sp³-hybridized carbons (Fsp3) is 0.133. The third-order valence-corrected chi connectivity index (χ3v) is 4.11. The second kappa shape index (κ2) is 9.03. The van der Waals surface area contributed by atoms with Gasteiger partial charge in [-0.3, -0.25) is 4.79 Å². The first-order chi connectivity index (χ1) is 12.7. The minimum Gasteiger partial charge on any atom is -0.451 e. The number of alkyl halides is 2. The molecule has 27 heavy (non-hydrogen) atoms. The van der Waals surface area contributed by atoms with Crippen molar-refractivity contribution in [3.05, 3.63) is 45.2 Å². The number of halogens is 5. The van der Waals surface area contributed by atoms with Crippen LogP contribution in [0.5, 0.6) is 5.75 Å². The number of pyridine rings is 1. The lowest BCUT2D eigenvalue weighted by molar-refractivity contribution is -0.119. The number of aromatic nitrogens is 1. The highest BCUT2D eigenvalue weighted by atomic mass is 35.5. The van der Waals surface area contributed by atoms with E-state index < -0.39 is 30.8 Å². The van der Waals surface area contributed by atoms with Crippen molar-refractivity contribution < 1.29 is 27.8 Å². The van der Waals surface area contributed by atoms with Crippen LogP contribution < -0.4 is 15.8 Å². The Morgan fingerprint density at radius 3 is 2.52 bits per heavy atom. The molecule has 7 nitrogen and oxygen atoms in total. The molecule has 1 aromatic heterocycles. The summed E-state index contributed by atoms with van der Waals surface area (Å²) in [6.07, 6.45) is 0. The summed E-state index contributed by atoms with van der Waals surface area (Å²) in [6.45, 7) is -3.84. The number of esters is 1. The maximum absolute atomic E-state index is 12.4. The Bertz CT molecular complexity index is 884. The Hall–Kier alpha value is -2.36. The minimum atomic E-state index is -3.07. The SMILES string of the molecule is Nc1c(Cl)c(Cl)nc(C(=O)OCC(=O)Nc2ccccc2OC(F)F)c1Cl. The fourth-order valence-electron chi connectivity index (χ4n) is 1.82. The molecule has 0 spiro atoms. The van der Waals surface area contributed by atoms with Crippen molar-refractivity contribution in [3.63, 3.8) is 0 Å². The van der Waals surface area contributed by atoms with Crippen LogP contribution in [0.4, 0.5) is 20.2 Å². The highest BCUT2D eigenvalue weighted by Gasteiger charge is 2.22. The van der Waals surface area contributed by atoms with Crippen LogP contribution in [0, 0.1) is 0 Å². The number of hydrogen-bond acceptors (Lipinski definition) is 6. The van der Waals surface area contributed by atoms with Gasteiger partial charge in [-0.15, -0.1) is 0 Å². The van der Waals surface area contributed by atoms with Crippen molar-refractivity contribution >= 4 is 58.1 Å². The van der Waals surface area contributed by atoms with Crippen molar-refractivity contribution in [2.45, 2.75) is 6.61 Å². The topological polar surface area (TPSA) is 104 Å². The van der Waals surface area contributed by atoms with Crippen LogP contribution in [0.2, 0.25) is 15.2 Å². The lowest BCUT2D eigenvalue weighted by Crippen LogP contribution is -2.22. The lowest BCUT2D eigenvalue weighted by Gasteiger charge is -2.12. The number of amides is 1. The van der Waals surface area contributed by atoms with Crippen molar-refractivity contribution in [2.75, 3.05) is 17.7 Å². The Morgan fingerprint density at radius 2 is 1.85 bits per heavy atom. The van der Waals surface area contributed by atoms with Crippen LogP contribution in [0.3, 0.4) is 0 Å². The number of anilines is 2. The number of para-hydroxylation sites is 2. The molecule has 0 saturated carbocycles. The van der Waals surface area contributed by atoms with Crippen molar-refractivity contribution in [2.24, 2.45) is 0 Å². The van der Waals surface area contributed by atoms with Crippen LogP contribution in [0.15, 0.2) is 24.3 Å². The van der Waals surface area contributed by atoms with Crippen LogP contribution in [-0.4, -0.2) is 30.1 Å². The van der Waals surface area contributed by atoms with Gasteiger partial charge in [-0.05, 0) is 12.1 Å². The normalized spacial score (nSPS) is 10.6. The summed E-state index contributed by atoms with van der Waals surface area (Å²) in [5.74, 6) is -2.16. The molecule has 1 heterocycles. The van der Waals surface area contributed by atoms with E-state index >= 15 is 0 Å². The van der Waals surface area contributed by atoms with Gasteiger partial charge in [-0.2, -0.15) is 8.78 Å². The maximum Gasteiger partial charge on any atom is 0.387 e. The average molecular weight is 441 g/mol. The summed E-state index contributed by atoms with van der Waals surface area (Å²) < 4.78 is 33.8. The molecule has 2 aromatic rings. The number of carbonyl (C=O) groups is 2. The van der Waals surface area contributed by atoms with Gasteiger partial charge in [0.15, 0.2) is 17.5 Å². The number of nitrogens with two attached hydrogens (primary N) is 1. The third kappa shape index (κ3) is 5.31. The molecular formula is C15H10Cl3F2N3O4. The molecule has 3 N–H and O–H groups in total. The fourth-order valence-corrected chi connectivity index (χ4v) is 2.41. The molecule has 1 aromatic carbocycles. The number of rotatable bonds is 6. The molecule has 2 rings (SSSR count). The first kappa shape index (κ1) is 20.9. The zero-order valence-corrected chi connectivity index (χ0v) is 15.4. The standard InChI is InChI=1S/C15H10Cl3F2N3O4/c16-9-11(21)10(17)13(18)23-12(9)14(25)26-5-8(24)22-6-3-1-2-4-7(6)27-15(19)20/h1-4,15H,5H2,(H2,21,23)(H,22,24). The molecule has 0 aliphatic carbocycles. The van der Waals surface area contributed by atoms with E-state index in [9.17, 15) is 18.4 Å². The Kier molecular flexibility index (Phi) is 7.00. The summed E-state index contributed by atoms with van der Waals surface area (Å²) in [7, 11) is 0. The van der Waals surface area contributed by atoms with Crippen LogP contribution in [-0.2, 0) is 9.53 Å². The van der Waals surface area contributed by atoms with Crippen LogP contribution >= 0.6 is 34.8 Å². The van der Waals surface area contributed by atoms with Gasteiger partial charge in [0.2, 0.25) is 0 Å². The van der Waals surface area contributed by atoms with Crippen molar-refractivity contribution in [1.82, 2.24) is 4.98 Å². The number of nitrogens with one attached hydrogen (secondary N) is 1. The Balaban J connectivity index is 2.04. The predicted octanol–water partition coefficient (Wildman–Crippen LogP) is 4.02. The monoisotopic (exact) mass is 439 g/mol. The molecule has 12 heteroatoms. The largest absolute Gasteiger partial charge is 0.451 e. The molecule has 144 valence electrons. The number of nitrogen functional groups attached to an aromatic ring is 1. The molecule has 0 unspecified atom stereocenters. The van der Waals surface area contributed by atoms with Gasteiger partial charge in [0, 0.05) is 0 Å². The van der Waals surface area contributed by atoms with E-state index in [1.165, 1.54) is 24.3 Å². The first-order valence-electron chi connectivity index (χ1n) is 7.01. The molecule has 0 fully saturated rings. The van der Waals surface area contributed by atoms with Gasteiger partial charge in [-0.25, -0.2) is 9.78 Å². The summed E-state index contributed by atoms with van der Waals surface area (Å²) in [5, 5.41) is 1.58. The number of nitrogens with zero attached hydrogens (tertiary/aromatic N) is 1. The smallest absolute Gasteiger partial charge is 0.387 e. The molecule has 1 amide bonds. The number of hydrogen-bond donors (Lipinski definition) is 2. The van der Waals surface area contributed by atoms with Gasteiger partial charge in [-0.1, -0.05) is 46.9 Å². The van der Waals surface area contributed by atoms with E-state index in [4.69, 9.17) is 45.3 Å². The number of ether oxygens (including phenoxy) is 2. The van der Waals surface area contributed by atoms with E-state index in [0.717, 1.165) is 0 Å². The number of carbonyl (C=O) groups excluding carboxylic acids is 2. The highest BCUT2D eigenvalue weighted by molar-refractivity contribution is 6.46. The van der Waals surface area contributed by atoms with E-state index in [2.05, 4.69) is 15.0 Å². The molecule has 0 saturated heterocycles. The zero-order chi connectivity index (χ0) is 20.1. The van der Waals surface area contributed by atoms with E-state index in [1.807, 2.05) is 0 Å². The number of benzene rings is 1. The minimum absolute atomic E-state index is 0.0335. The predicted molar refractivity (Wildman–Crippen MR) is 95.7 cm³/mol. The van der Waals surface area contributed by atoms with Gasteiger partial charge in [0.05, 0.1) is 16.4 Å². The summed E-state index contributed by atoms with van der Waals surface area (Å²) in [6, 6.07) is 5.49. The second-order valence-corrected chi connectivity index (χ2v) is 5.91. The van der Waals surface area contributed by atoms with Gasteiger partial charge >= 0.3 is 12.6 Å². The molecule has 0 atom stereocenters.